The first-order valence-corrected chi connectivity index (χ1v) is 10.2. The molecule has 2 saturated heterocycles. The van der Waals surface area contributed by atoms with Gasteiger partial charge in [0.25, 0.3) is 0 Å². The maximum absolute atomic E-state index is 13.4. The number of nitrogens with zero attached hydrogens (tertiary/aromatic N) is 1. The Morgan fingerprint density at radius 1 is 1.33 bits per heavy atom. The highest BCUT2D eigenvalue weighted by atomic mass is 19.1. The lowest BCUT2D eigenvalue weighted by Gasteiger charge is -2.34. The molecule has 1 aromatic carbocycles. The van der Waals surface area contributed by atoms with E-state index in [1.807, 2.05) is 0 Å². The summed E-state index contributed by atoms with van der Waals surface area (Å²) in [6.07, 6.45) is 4.34. The molecule has 6 heteroatoms. The molecule has 1 amide bonds. The van der Waals surface area contributed by atoms with Gasteiger partial charge in [-0.2, -0.15) is 0 Å². The topological polar surface area (TPSA) is 50.8 Å². The van der Waals surface area contributed by atoms with Crippen LogP contribution in [0.4, 0.5) is 4.39 Å². The first-order valence-electron chi connectivity index (χ1n) is 10.2. The fraction of sp³-hybridized carbons (Fsp3) is 0.667. The number of rotatable bonds is 7. The van der Waals surface area contributed by atoms with Crippen molar-refractivity contribution in [3.8, 4) is 5.75 Å². The van der Waals surface area contributed by atoms with Crippen molar-refractivity contribution in [2.45, 2.75) is 51.2 Å². The van der Waals surface area contributed by atoms with Gasteiger partial charge in [-0.25, -0.2) is 4.39 Å². The van der Waals surface area contributed by atoms with Crippen LogP contribution in [0.2, 0.25) is 0 Å². The van der Waals surface area contributed by atoms with E-state index in [1.54, 1.807) is 12.1 Å². The first-order chi connectivity index (χ1) is 13.1. The Morgan fingerprint density at radius 2 is 2.15 bits per heavy atom. The number of likely N-dealkylation sites (tertiary alicyclic amines) is 1. The number of halogens is 1. The van der Waals surface area contributed by atoms with Crippen LogP contribution >= 0.6 is 0 Å². The summed E-state index contributed by atoms with van der Waals surface area (Å²) >= 11 is 0. The average Bonchev–Trinajstić information content (AvgIpc) is 2.65. The minimum Gasteiger partial charge on any atom is -0.486 e. The van der Waals surface area contributed by atoms with Gasteiger partial charge in [-0.05, 0) is 63.4 Å². The molecular formula is C21H31FN2O3. The van der Waals surface area contributed by atoms with Gasteiger partial charge in [0.2, 0.25) is 5.91 Å². The molecule has 0 spiro atoms. The second-order valence-corrected chi connectivity index (χ2v) is 7.64. The molecule has 2 fully saturated rings. The molecule has 0 unspecified atom stereocenters. The molecule has 1 N–H and O–H groups in total. The van der Waals surface area contributed by atoms with Crippen LogP contribution in [0.5, 0.6) is 5.75 Å². The molecule has 0 aromatic heterocycles. The summed E-state index contributed by atoms with van der Waals surface area (Å²) in [7, 11) is 0. The van der Waals surface area contributed by atoms with Gasteiger partial charge in [-0.15, -0.1) is 0 Å². The molecule has 2 aliphatic heterocycles. The summed E-state index contributed by atoms with van der Waals surface area (Å²) in [4.78, 5) is 15.0. The van der Waals surface area contributed by atoms with Gasteiger partial charge < -0.3 is 19.7 Å². The highest BCUT2D eigenvalue weighted by Gasteiger charge is 2.30. The zero-order valence-electron chi connectivity index (χ0n) is 16.2. The number of piperidine rings is 1. The molecular weight excluding hydrogens is 347 g/mol. The molecule has 2 atom stereocenters. The average molecular weight is 378 g/mol. The molecule has 2 heterocycles. The van der Waals surface area contributed by atoms with Crippen molar-refractivity contribution in [2.75, 3.05) is 32.8 Å². The first kappa shape index (κ1) is 20.1. The van der Waals surface area contributed by atoms with Crippen molar-refractivity contribution in [1.29, 1.82) is 0 Å². The molecule has 27 heavy (non-hydrogen) atoms. The highest BCUT2D eigenvalue weighted by Crippen LogP contribution is 2.22. The van der Waals surface area contributed by atoms with Gasteiger partial charge in [-0.1, -0.05) is 13.0 Å². The Balaban J connectivity index is 1.48. The number of ether oxygens (including phenoxy) is 2. The zero-order valence-corrected chi connectivity index (χ0v) is 16.2. The third kappa shape index (κ3) is 6.18. The van der Waals surface area contributed by atoms with E-state index >= 15 is 0 Å². The number of hydrogen-bond donors (Lipinski definition) is 1. The predicted octanol–water partition coefficient (Wildman–Crippen LogP) is 2.99. The third-order valence-electron chi connectivity index (χ3n) is 5.46. The number of nitrogens with one attached hydrogen (secondary N) is 1. The Kier molecular flexibility index (Phi) is 7.47. The minimum atomic E-state index is -0.334. The van der Waals surface area contributed by atoms with Gasteiger partial charge >= 0.3 is 0 Å². The van der Waals surface area contributed by atoms with Gasteiger partial charge in [0.1, 0.15) is 17.7 Å². The van der Waals surface area contributed by atoms with Crippen LogP contribution < -0.4 is 10.1 Å². The normalized spacial score (nSPS) is 24.5. The maximum Gasteiger partial charge on any atom is 0.220 e. The van der Waals surface area contributed by atoms with E-state index in [0.29, 0.717) is 37.7 Å². The summed E-state index contributed by atoms with van der Waals surface area (Å²) in [5.74, 6) is 0.677. The van der Waals surface area contributed by atoms with Crippen LogP contribution in [0.15, 0.2) is 24.3 Å². The van der Waals surface area contributed by atoms with E-state index < -0.39 is 0 Å². The Morgan fingerprint density at radius 3 is 2.89 bits per heavy atom. The van der Waals surface area contributed by atoms with E-state index in [0.717, 1.165) is 32.5 Å². The number of carbonyl (C=O) groups is 1. The lowest BCUT2D eigenvalue weighted by atomic mass is 9.92. The zero-order chi connectivity index (χ0) is 19.1. The monoisotopic (exact) mass is 378 g/mol. The summed E-state index contributed by atoms with van der Waals surface area (Å²) < 4.78 is 24.8. The third-order valence-corrected chi connectivity index (χ3v) is 5.46. The molecule has 5 nitrogen and oxygen atoms in total. The van der Waals surface area contributed by atoms with Crippen LogP contribution in [0.3, 0.4) is 0 Å². The summed E-state index contributed by atoms with van der Waals surface area (Å²) in [5.41, 5.74) is 0. The summed E-state index contributed by atoms with van der Waals surface area (Å²) in [6.45, 7) is 6.54. The highest BCUT2D eigenvalue weighted by molar-refractivity contribution is 5.76. The molecule has 0 bridgehead atoms. The summed E-state index contributed by atoms with van der Waals surface area (Å²) in [6, 6.07) is 5.98. The minimum absolute atomic E-state index is 0.0867. The number of amides is 1. The summed E-state index contributed by atoms with van der Waals surface area (Å²) in [5, 5.41) is 3.14. The van der Waals surface area contributed by atoms with E-state index in [-0.39, 0.29) is 23.9 Å². The van der Waals surface area contributed by atoms with Crippen LogP contribution in [0.1, 0.15) is 39.0 Å². The van der Waals surface area contributed by atoms with E-state index in [4.69, 9.17) is 9.47 Å². The standard InChI is InChI=1S/C21H31FN2O3/c1-2-9-24-10-6-16(7-11-24)13-21(25)23-19-8-12-26-15-20(19)27-18-5-3-4-17(22)14-18/h3-5,14,16,19-20H,2,6-13,15H2,1H3,(H,23,25)/t19-,20-/m1/s1. The fourth-order valence-corrected chi connectivity index (χ4v) is 3.97. The van der Waals surface area contributed by atoms with E-state index in [9.17, 15) is 9.18 Å². The fourth-order valence-electron chi connectivity index (χ4n) is 3.97. The van der Waals surface area contributed by atoms with Crippen LogP contribution in [0, 0.1) is 11.7 Å². The Hall–Kier alpha value is -1.66. The van der Waals surface area contributed by atoms with Crippen molar-refractivity contribution >= 4 is 5.91 Å². The second kappa shape index (κ2) is 10.0. The number of carbonyl (C=O) groups excluding carboxylic acids is 1. The van der Waals surface area contributed by atoms with Gasteiger partial charge in [0, 0.05) is 19.1 Å². The molecule has 1 aromatic rings. The van der Waals surface area contributed by atoms with Gasteiger partial charge in [0.15, 0.2) is 0 Å². The maximum atomic E-state index is 13.4. The largest absolute Gasteiger partial charge is 0.486 e. The van der Waals surface area contributed by atoms with Gasteiger partial charge in [0.05, 0.1) is 12.6 Å². The van der Waals surface area contributed by atoms with Crippen LogP contribution in [-0.2, 0) is 9.53 Å². The molecule has 0 radical (unpaired) electrons. The molecule has 0 aliphatic carbocycles. The number of benzene rings is 1. The quantitative estimate of drug-likeness (QED) is 0.793. The van der Waals surface area contributed by atoms with E-state index in [2.05, 4.69) is 17.1 Å². The Bertz CT molecular complexity index is 605. The van der Waals surface area contributed by atoms with Crippen molar-refractivity contribution in [1.82, 2.24) is 10.2 Å². The predicted molar refractivity (Wildman–Crippen MR) is 102 cm³/mol. The van der Waals surface area contributed by atoms with Crippen molar-refractivity contribution in [2.24, 2.45) is 5.92 Å². The lowest BCUT2D eigenvalue weighted by Crippen LogP contribution is -2.51. The molecule has 2 aliphatic rings. The molecule has 150 valence electrons. The van der Waals surface area contributed by atoms with Crippen molar-refractivity contribution < 1.29 is 18.7 Å². The van der Waals surface area contributed by atoms with Crippen LogP contribution in [0.25, 0.3) is 0 Å². The molecule has 3 rings (SSSR count). The SMILES string of the molecule is CCCN1CCC(CC(=O)N[C@@H]2CCOC[C@H]2Oc2cccc(F)c2)CC1. The lowest BCUT2D eigenvalue weighted by molar-refractivity contribution is -0.125. The van der Waals surface area contributed by atoms with Crippen LogP contribution in [-0.4, -0.2) is 55.8 Å². The van der Waals surface area contributed by atoms with Crippen molar-refractivity contribution in [3.63, 3.8) is 0 Å². The van der Waals surface area contributed by atoms with Crippen molar-refractivity contribution in [3.05, 3.63) is 30.1 Å². The molecule has 0 saturated carbocycles. The smallest absolute Gasteiger partial charge is 0.220 e. The number of hydrogen-bond acceptors (Lipinski definition) is 4. The van der Waals surface area contributed by atoms with E-state index in [1.165, 1.54) is 18.6 Å². The second-order valence-electron chi connectivity index (χ2n) is 7.64. The van der Waals surface area contributed by atoms with Gasteiger partial charge in [-0.3, -0.25) is 4.79 Å². The Labute approximate surface area is 161 Å².